The summed E-state index contributed by atoms with van der Waals surface area (Å²) in [7, 11) is 3.83. The van der Waals surface area contributed by atoms with E-state index in [9.17, 15) is 4.79 Å². The third kappa shape index (κ3) is 2.75. The second-order valence-corrected chi connectivity index (χ2v) is 6.00. The molecule has 1 amide bonds. The first-order chi connectivity index (χ1) is 10.7. The molecule has 22 heavy (non-hydrogen) atoms. The molecule has 0 saturated heterocycles. The van der Waals surface area contributed by atoms with Gasteiger partial charge in [-0.3, -0.25) is 9.78 Å². The summed E-state index contributed by atoms with van der Waals surface area (Å²) in [6.45, 7) is 0. The van der Waals surface area contributed by atoms with E-state index in [2.05, 4.69) is 9.97 Å². The van der Waals surface area contributed by atoms with Crippen LogP contribution in [0.3, 0.4) is 0 Å². The highest BCUT2D eigenvalue weighted by Gasteiger charge is 2.25. The molecule has 5 nitrogen and oxygen atoms in total. The van der Waals surface area contributed by atoms with Crippen LogP contribution in [-0.2, 0) is 7.05 Å². The molecule has 0 spiro atoms. The fourth-order valence-corrected chi connectivity index (χ4v) is 3.19. The maximum absolute atomic E-state index is 12.9. The number of nitrogens with zero attached hydrogens (tertiary/aromatic N) is 4. The van der Waals surface area contributed by atoms with Crippen LogP contribution < -0.4 is 0 Å². The van der Waals surface area contributed by atoms with Gasteiger partial charge in [-0.25, -0.2) is 4.98 Å². The lowest BCUT2D eigenvalue weighted by Gasteiger charge is -2.31. The summed E-state index contributed by atoms with van der Waals surface area (Å²) in [5, 5.41) is 0. The van der Waals surface area contributed by atoms with E-state index >= 15 is 0 Å². The number of imidazole rings is 1. The standard InChI is InChI=1S/C17H22N4O/c1-20-12-18-11-15(20)16-14(9-6-10-19-16)17(22)21(2)13-7-4-3-5-8-13/h6,9-13H,3-5,7-8H2,1-2H3. The Hall–Kier alpha value is -2.17. The zero-order valence-corrected chi connectivity index (χ0v) is 13.2. The highest BCUT2D eigenvalue weighted by molar-refractivity contribution is 5.99. The average molecular weight is 298 g/mol. The summed E-state index contributed by atoms with van der Waals surface area (Å²) >= 11 is 0. The molecule has 3 rings (SSSR count). The van der Waals surface area contributed by atoms with Crippen molar-refractivity contribution in [3.63, 3.8) is 0 Å². The molecule has 5 heteroatoms. The van der Waals surface area contributed by atoms with Crippen molar-refractivity contribution in [3.8, 4) is 11.4 Å². The van der Waals surface area contributed by atoms with Gasteiger partial charge in [-0.15, -0.1) is 0 Å². The third-order valence-corrected chi connectivity index (χ3v) is 4.54. The van der Waals surface area contributed by atoms with Gasteiger partial charge >= 0.3 is 0 Å². The molecule has 0 bridgehead atoms. The highest BCUT2D eigenvalue weighted by Crippen LogP contribution is 2.26. The summed E-state index contributed by atoms with van der Waals surface area (Å²) in [6, 6.07) is 4.03. The largest absolute Gasteiger partial charge is 0.339 e. The molecule has 2 aromatic heterocycles. The first-order valence-electron chi connectivity index (χ1n) is 7.87. The van der Waals surface area contributed by atoms with Crippen LogP contribution in [0.25, 0.3) is 11.4 Å². The number of rotatable bonds is 3. The Labute approximate surface area is 131 Å². The fraction of sp³-hybridized carbons (Fsp3) is 0.471. The average Bonchev–Trinajstić information content (AvgIpc) is 3.00. The van der Waals surface area contributed by atoms with Gasteiger partial charge in [0, 0.05) is 26.3 Å². The zero-order chi connectivity index (χ0) is 15.5. The monoisotopic (exact) mass is 298 g/mol. The number of amides is 1. The molecule has 0 radical (unpaired) electrons. The molecule has 0 unspecified atom stereocenters. The minimum Gasteiger partial charge on any atom is -0.339 e. The number of carbonyl (C=O) groups excluding carboxylic acids is 1. The van der Waals surface area contributed by atoms with E-state index in [0.29, 0.717) is 17.3 Å². The molecule has 0 atom stereocenters. The van der Waals surface area contributed by atoms with Crippen molar-refractivity contribution in [2.24, 2.45) is 7.05 Å². The molecule has 1 aliphatic carbocycles. The predicted molar refractivity (Wildman–Crippen MR) is 85.4 cm³/mol. The van der Waals surface area contributed by atoms with Crippen LogP contribution in [0.2, 0.25) is 0 Å². The molecular formula is C17H22N4O. The lowest BCUT2D eigenvalue weighted by molar-refractivity contribution is 0.0696. The van der Waals surface area contributed by atoms with Gasteiger partial charge < -0.3 is 9.47 Å². The van der Waals surface area contributed by atoms with Crippen LogP contribution >= 0.6 is 0 Å². The Kier molecular flexibility index (Phi) is 4.22. The second kappa shape index (κ2) is 6.30. The van der Waals surface area contributed by atoms with Gasteiger partial charge in [0.1, 0.15) is 5.69 Å². The van der Waals surface area contributed by atoms with E-state index < -0.39 is 0 Å². The normalized spacial score (nSPS) is 15.7. The van der Waals surface area contributed by atoms with E-state index in [0.717, 1.165) is 18.5 Å². The van der Waals surface area contributed by atoms with Crippen molar-refractivity contribution in [1.82, 2.24) is 19.4 Å². The maximum atomic E-state index is 12.9. The molecule has 0 aromatic carbocycles. The molecule has 1 saturated carbocycles. The van der Waals surface area contributed by atoms with Crippen LogP contribution in [0.5, 0.6) is 0 Å². The van der Waals surface area contributed by atoms with Crippen molar-refractivity contribution in [1.29, 1.82) is 0 Å². The van der Waals surface area contributed by atoms with Crippen molar-refractivity contribution < 1.29 is 4.79 Å². The van der Waals surface area contributed by atoms with Gasteiger partial charge in [-0.1, -0.05) is 19.3 Å². The molecule has 0 N–H and O–H groups in total. The minimum atomic E-state index is 0.0520. The molecule has 2 heterocycles. The van der Waals surface area contributed by atoms with E-state index in [1.807, 2.05) is 35.7 Å². The lowest BCUT2D eigenvalue weighted by atomic mass is 9.94. The van der Waals surface area contributed by atoms with Crippen LogP contribution in [-0.4, -0.2) is 38.4 Å². The van der Waals surface area contributed by atoms with Gasteiger partial charge in [0.15, 0.2) is 0 Å². The predicted octanol–water partition coefficient (Wildman–Crippen LogP) is 2.89. The number of aryl methyl sites for hydroxylation is 1. The highest BCUT2D eigenvalue weighted by atomic mass is 16.2. The zero-order valence-electron chi connectivity index (χ0n) is 13.2. The maximum Gasteiger partial charge on any atom is 0.256 e. The van der Waals surface area contributed by atoms with Crippen molar-refractivity contribution in [2.75, 3.05) is 7.05 Å². The number of aromatic nitrogens is 3. The quantitative estimate of drug-likeness (QED) is 0.875. The second-order valence-electron chi connectivity index (χ2n) is 6.00. The van der Waals surface area contributed by atoms with Gasteiger partial charge in [0.2, 0.25) is 0 Å². The summed E-state index contributed by atoms with van der Waals surface area (Å²) in [6.07, 6.45) is 11.1. The number of pyridine rings is 1. The first-order valence-corrected chi connectivity index (χ1v) is 7.87. The molecule has 2 aromatic rings. The summed E-state index contributed by atoms with van der Waals surface area (Å²) in [5.74, 6) is 0.0520. The summed E-state index contributed by atoms with van der Waals surface area (Å²) < 4.78 is 1.89. The molecular weight excluding hydrogens is 276 g/mol. The van der Waals surface area contributed by atoms with E-state index in [1.54, 1.807) is 18.7 Å². The Morgan fingerprint density at radius 1 is 1.32 bits per heavy atom. The van der Waals surface area contributed by atoms with E-state index in [4.69, 9.17) is 0 Å². The molecule has 1 aliphatic rings. The fourth-order valence-electron chi connectivity index (χ4n) is 3.19. The number of hydrogen-bond acceptors (Lipinski definition) is 3. The number of carbonyl (C=O) groups is 1. The van der Waals surface area contributed by atoms with Gasteiger partial charge in [-0.05, 0) is 25.0 Å². The molecule has 0 aliphatic heterocycles. The van der Waals surface area contributed by atoms with Crippen molar-refractivity contribution in [2.45, 2.75) is 38.1 Å². The van der Waals surface area contributed by atoms with Crippen LogP contribution in [0.4, 0.5) is 0 Å². The lowest BCUT2D eigenvalue weighted by Crippen LogP contribution is -2.38. The Morgan fingerprint density at radius 3 is 2.77 bits per heavy atom. The van der Waals surface area contributed by atoms with Crippen molar-refractivity contribution >= 4 is 5.91 Å². The van der Waals surface area contributed by atoms with Crippen LogP contribution in [0.15, 0.2) is 30.9 Å². The Morgan fingerprint density at radius 2 is 2.09 bits per heavy atom. The summed E-state index contributed by atoms with van der Waals surface area (Å²) in [5.41, 5.74) is 2.22. The summed E-state index contributed by atoms with van der Waals surface area (Å²) in [4.78, 5) is 23.4. The van der Waals surface area contributed by atoms with Gasteiger partial charge in [0.05, 0.1) is 23.8 Å². The first kappa shape index (κ1) is 14.8. The minimum absolute atomic E-state index is 0.0520. The Bertz CT molecular complexity index is 658. The van der Waals surface area contributed by atoms with Gasteiger partial charge in [-0.2, -0.15) is 0 Å². The third-order valence-electron chi connectivity index (χ3n) is 4.54. The van der Waals surface area contributed by atoms with Crippen LogP contribution in [0, 0.1) is 0 Å². The topological polar surface area (TPSA) is 51.0 Å². The van der Waals surface area contributed by atoms with Crippen molar-refractivity contribution in [3.05, 3.63) is 36.4 Å². The van der Waals surface area contributed by atoms with Crippen LogP contribution in [0.1, 0.15) is 42.5 Å². The van der Waals surface area contributed by atoms with E-state index in [-0.39, 0.29) is 5.91 Å². The molecule has 1 fully saturated rings. The molecule has 116 valence electrons. The number of hydrogen-bond donors (Lipinski definition) is 0. The SMILES string of the molecule is CN(C(=O)c1cccnc1-c1cncn1C)C1CCCCC1. The van der Waals surface area contributed by atoms with Gasteiger partial charge in [0.25, 0.3) is 5.91 Å². The van der Waals surface area contributed by atoms with E-state index in [1.165, 1.54) is 19.3 Å². The smallest absolute Gasteiger partial charge is 0.256 e. The Balaban J connectivity index is 1.91.